The number of esters is 1. The number of benzene rings is 2. The highest BCUT2D eigenvalue weighted by Crippen LogP contribution is 2.30. The fourth-order valence-corrected chi connectivity index (χ4v) is 2.17. The number of para-hydroxylation sites is 1. The van der Waals surface area contributed by atoms with Crippen LogP contribution in [0, 0.1) is 0 Å². The standard InChI is InChI=1S/C17H19NO3/c1-20-16-6-4-3-5-14(16)12-7-9-13(10-8-12)15(18)11-17(19)21-2/h3-10,15H,11,18H2,1-2H3/t15-/m1/s1. The van der Waals surface area contributed by atoms with E-state index < -0.39 is 0 Å². The van der Waals surface area contributed by atoms with Gasteiger partial charge in [-0.05, 0) is 17.2 Å². The van der Waals surface area contributed by atoms with Gasteiger partial charge < -0.3 is 15.2 Å². The van der Waals surface area contributed by atoms with E-state index in [0.717, 1.165) is 22.4 Å². The van der Waals surface area contributed by atoms with Crippen molar-refractivity contribution in [1.82, 2.24) is 0 Å². The van der Waals surface area contributed by atoms with Gasteiger partial charge in [-0.15, -0.1) is 0 Å². The summed E-state index contributed by atoms with van der Waals surface area (Å²) in [5.41, 5.74) is 8.96. The van der Waals surface area contributed by atoms with Gasteiger partial charge in [-0.3, -0.25) is 4.79 Å². The number of ether oxygens (including phenoxy) is 2. The third-order valence-electron chi connectivity index (χ3n) is 3.37. The van der Waals surface area contributed by atoms with Crippen LogP contribution in [-0.2, 0) is 9.53 Å². The van der Waals surface area contributed by atoms with Crippen LogP contribution in [0.15, 0.2) is 48.5 Å². The van der Waals surface area contributed by atoms with E-state index in [-0.39, 0.29) is 18.4 Å². The van der Waals surface area contributed by atoms with Crippen molar-refractivity contribution in [2.45, 2.75) is 12.5 Å². The van der Waals surface area contributed by atoms with Crippen LogP contribution in [0.5, 0.6) is 5.75 Å². The molecule has 0 amide bonds. The Morgan fingerprint density at radius 1 is 1.10 bits per heavy atom. The molecule has 2 aromatic rings. The topological polar surface area (TPSA) is 61.5 Å². The first-order chi connectivity index (χ1) is 10.2. The average molecular weight is 285 g/mol. The molecule has 4 nitrogen and oxygen atoms in total. The molecule has 0 radical (unpaired) electrons. The number of carbonyl (C=O) groups excluding carboxylic acids is 1. The number of nitrogens with two attached hydrogens (primary N) is 1. The minimum Gasteiger partial charge on any atom is -0.496 e. The van der Waals surface area contributed by atoms with Crippen LogP contribution in [0.25, 0.3) is 11.1 Å². The zero-order valence-electron chi connectivity index (χ0n) is 12.2. The molecule has 0 bridgehead atoms. The van der Waals surface area contributed by atoms with Gasteiger partial charge in [-0.25, -0.2) is 0 Å². The van der Waals surface area contributed by atoms with Crippen molar-refractivity contribution >= 4 is 5.97 Å². The Bertz CT molecular complexity index is 608. The van der Waals surface area contributed by atoms with Crippen molar-refractivity contribution in [1.29, 1.82) is 0 Å². The summed E-state index contributed by atoms with van der Waals surface area (Å²) in [6.07, 6.45) is 0.171. The lowest BCUT2D eigenvalue weighted by Crippen LogP contribution is -2.16. The SMILES string of the molecule is COC(=O)C[C@@H](N)c1ccc(-c2ccccc2OC)cc1. The summed E-state index contributed by atoms with van der Waals surface area (Å²) >= 11 is 0. The second-order valence-electron chi connectivity index (χ2n) is 4.71. The van der Waals surface area contributed by atoms with Gasteiger partial charge in [0.1, 0.15) is 5.75 Å². The van der Waals surface area contributed by atoms with Crippen LogP contribution in [0.4, 0.5) is 0 Å². The van der Waals surface area contributed by atoms with Gasteiger partial charge in [-0.2, -0.15) is 0 Å². The fourth-order valence-electron chi connectivity index (χ4n) is 2.17. The monoisotopic (exact) mass is 285 g/mol. The maximum absolute atomic E-state index is 11.2. The van der Waals surface area contributed by atoms with Crippen molar-refractivity contribution < 1.29 is 14.3 Å². The third-order valence-corrected chi connectivity index (χ3v) is 3.37. The predicted molar refractivity (Wildman–Crippen MR) is 82.0 cm³/mol. The molecule has 2 aromatic carbocycles. The van der Waals surface area contributed by atoms with Crippen molar-refractivity contribution in [3.05, 3.63) is 54.1 Å². The minimum absolute atomic E-state index is 0.171. The molecule has 0 aromatic heterocycles. The highest BCUT2D eigenvalue weighted by atomic mass is 16.5. The Hall–Kier alpha value is -2.33. The summed E-state index contributed by atoms with van der Waals surface area (Å²) in [5.74, 6) is 0.514. The molecule has 2 N–H and O–H groups in total. The van der Waals surface area contributed by atoms with Gasteiger partial charge in [0.25, 0.3) is 0 Å². The molecule has 0 saturated carbocycles. The summed E-state index contributed by atoms with van der Waals surface area (Å²) in [7, 11) is 3.01. The zero-order chi connectivity index (χ0) is 15.2. The first-order valence-electron chi connectivity index (χ1n) is 6.71. The highest BCUT2D eigenvalue weighted by molar-refractivity contribution is 5.72. The predicted octanol–water partition coefficient (Wildman–Crippen LogP) is 2.93. The molecular weight excluding hydrogens is 266 g/mol. The van der Waals surface area contributed by atoms with Crippen LogP contribution in [0.1, 0.15) is 18.0 Å². The summed E-state index contributed by atoms with van der Waals surface area (Å²) in [6, 6.07) is 15.3. The number of rotatable bonds is 5. The lowest BCUT2D eigenvalue weighted by atomic mass is 9.99. The summed E-state index contributed by atoms with van der Waals surface area (Å²) in [6.45, 7) is 0. The largest absolute Gasteiger partial charge is 0.496 e. The summed E-state index contributed by atoms with van der Waals surface area (Å²) < 4.78 is 9.99. The molecule has 0 unspecified atom stereocenters. The van der Waals surface area contributed by atoms with E-state index in [9.17, 15) is 4.79 Å². The summed E-state index contributed by atoms with van der Waals surface area (Å²) in [4.78, 5) is 11.2. The highest BCUT2D eigenvalue weighted by Gasteiger charge is 2.12. The number of carbonyl (C=O) groups is 1. The first-order valence-corrected chi connectivity index (χ1v) is 6.71. The molecule has 0 fully saturated rings. The van der Waals surface area contributed by atoms with Gasteiger partial charge in [0.05, 0.1) is 20.6 Å². The van der Waals surface area contributed by atoms with Gasteiger partial charge in [-0.1, -0.05) is 42.5 Å². The van der Waals surface area contributed by atoms with Gasteiger partial charge >= 0.3 is 5.97 Å². The molecule has 21 heavy (non-hydrogen) atoms. The van der Waals surface area contributed by atoms with E-state index in [0.29, 0.717) is 0 Å². The molecule has 0 heterocycles. The lowest BCUT2D eigenvalue weighted by molar-refractivity contribution is -0.141. The van der Waals surface area contributed by atoms with E-state index in [4.69, 9.17) is 10.5 Å². The molecule has 4 heteroatoms. The molecule has 0 aliphatic rings. The Morgan fingerprint density at radius 2 is 1.76 bits per heavy atom. The van der Waals surface area contributed by atoms with Crippen LogP contribution in [0.2, 0.25) is 0 Å². The Labute approximate surface area is 124 Å². The molecule has 0 spiro atoms. The molecular formula is C17H19NO3. The Morgan fingerprint density at radius 3 is 2.38 bits per heavy atom. The quantitative estimate of drug-likeness (QED) is 0.858. The molecule has 1 atom stereocenters. The third kappa shape index (κ3) is 3.61. The minimum atomic E-state index is -0.357. The molecule has 0 saturated heterocycles. The van der Waals surface area contributed by atoms with E-state index in [1.54, 1.807) is 7.11 Å². The first kappa shape index (κ1) is 15.1. The van der Waals surface area contributed by atoms with Crippen LogP contribution >= 0.6 is 0 Å². The van der Waals surface area contributed by atoms with E-state index >= 15 is 0 Å². The van der Waals surface area contributed by atoms with Crippen LogP contribution in [0.3, 0.4) is 0 Å². The second-order valence-corrected chi connectivity index (χ2v) is 4.71. The van der Waals surface area contributed by atoms with Gasteiger partial charge in [0, 0.05) is 11.6 Å². The lowest BCUT2D eigenvalue weighted by Gasteiger charge is -2.12. The van der Waals surface area contributed by atoms with Crippen molar-refractivity contribution in [3.8, 4) is 16.9 Å². The van der Waals surface area contributed by atoms with Gasteiger partial charge in [0.2, 0.25) is 0 Å². The van der Waals surface area contributed by atoms with Crippen molar-refractivity contribution in [2.24, 2.45) is 5.73 Å². The number of hydrogen-bond acceptors (Lipinski definition) is 4. The maximum Gasteiger partial charge on any atom is 0.307 e. The Kier molecular flexibility index (Phi) is 4.95. The maximum atomic E-state index is 11.2. The molecule has 0 aliphatic heterocycles. The number of hydrogen-bond donors (Lipinski definition) is 1. The van der Waals surface area contributed by atoms with Crippen molar-refractivity contribution in [3.63, 3.8) is 0 Å². The normalized spacial score (nSPS) is 11.8. The zero-order valence-corrected chi connectivity index (χ0v) is 12.2. The fraction of sp³-hybridized carbons (Fsp3) is 0.235. The summed E-state index contributed by atoms with van der Waals surface area (Å²) in [5, 5.41) is 0. The van der Waals surface area contributed by atoms with Crippen LogP contribution < -0.4 is 10.5 Å². The second kappa shape index (κ2) is 6.90. The van der Waals surface area contributed by atoms with Gasteiger partial charge in [0.15, 0.2) is 0 Å². The average Bonchev–Trinajstić information content (AvgIpc) is 2.54. The van der Waals surface area contributed by atoms with E-state index in [2.05, 4.69) is 4.74 Å². The molecule has 110 valence electrons. The Balaban J connectivity index is 2.21. The van der Waals surface area contributed by atoms with Crippen LogP contribution in [-0.4, -0.2) is 20.2 Å². The molecule has 0 aliphatic carbocycles. The smallest absolute Gasteiger partial charge is 0.307 e. The number of methoxy groups -OCH3 is 2. The molecule has 2 rings (SSSR count). The van der Waals surface area contributed by atoms with Crippen molar-refractivity contribution in [2.75, 3.05) is 14.2 Å². The van der Waals surface area contributed by atoms with E-state index in [1.807, 2.05) is 48.5 Å². The van der Waals surface area contributed by atoms with E-state index in [1.165, 1.54) is 7.11 Å².